The molecule has 0 amide bonds. The second-order valence-electron chi connectivity index (χ2n) is 7.49. The maximum atomic E-state index is 6.19. The Bertz CT molecular complexity index is 533. The summed E-state index contributed by atoms with van der Waals surface area (Å²) in [6, 6.07) is 6.20. The summed E-state index contributed by atoms with van der Waals surface area (Å²) in [6.45, 7) is 2.15. The van der Waals surface area contributed by atoms with Crippen LogP contribution in [0.4, 0.5) is 0 Å². The van der Waals surface area contributed by atoms with E-state index in [1.165, 1.54) is 56.9 Å². The summed E-state index contributed by atoms with van der Waals surface area (Å²) in [5.74, 6) is 3.47. The monoisotopic (exact) mass is 350 g/mol. The van der Waals surface area contributed by atoms with Gasteiger partial charge < -0.3 is 0 Å². The predicted octanol–water partition coefficient (Wildman–Crippen LogP) is 7.65. The summed E-state index contributed by atoms with van der Waals surface area (Å²) >= 11 is 12.2. The number of hydrogen-bond donors (Lipinski definition) is 0. The lowest BCUT2D eigenvalue weighted by Gasteiger charge is -2.37. The van der Waals surface area contributed by atoms with Crippen LogP contribution in [0.5, 0.6) is 0 Å². The highest BCUT2D eigenvalue weighted by Crippen LogP contribution is 2.44. The molecule has 0 N–H and O–H groups in total. The minimum atomic E-state index is 0.669. The van der Waals surface area contributed by atoms with Crippen LogP contribution >= 0.6 is 23.2 Å². The molecule has 0 nitrogen and oxygen atoms in total. The lowest BCUT2D eigenvalue weighted by Crippen LogP contribution is -2.25. The standard InChI is InChI=1S/C21H28Cl2/c1-2-3-15-4-6-16(7-5-15)17-8-10-18(11-9-17)19-12-13-20(22)21(23)14-19/h2-3,12-18H,4-11H2,1H3/t15-,16-,17-,18-. The molecule has 0 aliphatic heterocycles. The van der Waals surface area contributed by atoms with Crippen molar-refractivity contribution in [2.45, 2.75) is 64.2 Å². The summed E-state index contributed by atoms with van der Waals surface area (Å²) < 4.78 is 0. The fourth-order valence-corrected chi connectivity index (χ4v) is 5.08. The molecule has 23 heavy (non-hydrogen) atoms. The first-order valence-electron chi connectivity index (χ1n) is 9.25. The van der Waals surface area contributed by atoms with Crippen LogP contribution in [0.25, 0.3) is 0 Å². The normalized spacial score (nSPS) is 32.3. The van der Waals surface area contributed by atoms with E-state index < -0.39 is 0 Å². The van der Waals surface area contributed by atoms with Crippen molar-refractivity contribution in [2.24, 2.45) is 17.8 Å². The molecule has 0 saturated heterocycles. The van der Waals surface area contributed by atoms with Gasteiger partial charge in [-0.25, -0.2) is 0 Å². The van der Waals surface area contributed by atoms with Crippen LogP contribution < -0.4 is 0 Å². The Morgan fingerprint density at radius 1 is 0.826 bits per heavy atom. The number of benzene rings is 1. The van der Waals surface area contributed by atoms with E-state index >= 15 is 0 Å². The molecular formula is C21H28Cl2. The minimum Gasteiger partial charge on any atom is -0.0914 e. The highest BCUT2D eigenvalue weighted by molar-refractivity contribution is 6.42. The van der Waals surface area contributed by atoms with Gasteiger partial charge in [-0.2, -0.15) is 0 Å². The van der Waals surface area contributed by atoms with Gasteiger partial charge in [0.1, 0.15) is 0 Å². The zero-order valence-corrected chi connectivity index (χ0v) is 15.6. The highest BCUT2D eigenvalue weighted by Gasteiger charge is 2.30. The van der Waals surface area contributed by atoms with Gasteiger partial charge in [-0.15, -0.1) is 0 Å². The number of allylic oxidation sites excluding steroid dienone is 2. The Balaban J connectivity index is 1.51. The largest absolute Gasteiger partial charge is 0.0914 e. The van der Waals surface area contributed by atoms with Gasteiger partial charge in [0.25, 0.3) is 0 Å². The number of rotatable bonds is 3. The van der Waals surface area contributed by atoms with Crippen molar-refractivity contribution in [2.75, 3.05) is 0 Å². The van der Waals surface area contributed by atoms with Crippen molar-refractivity contribution in [1.82, 2.24) is 0 Å². The second kappa shape index (κ2) is 8.08. The summed E-state index contributed by atoms with van der Waals surface area (Å²) in [4.78, 5) is 0. The summed E-state index contributed by atoms with van der Waals surface area (Å²) in [6.07, 6.45) is 15.8. The first-order valence-corrected chi connectivity index (χ1v) is 10.0. The van der Waals surface area contributed by atoms with Gasteiger partial charge in [0.2, 0.25) is 0 Å². The van der Waals surface area contributed by atoms with E-state index in [-0.39, 0.29) is 0 Å². The van der Waals surface area contributed by atoms with E-state index in [4.69, 9.17) is 23.2 Å². The van der Waals surface area contributed by atoms with Crippen molar-refractivity contribution in [3.05, 3.63) is 46.0 Å². The van der Waals surface area contributed by atoms with Crippen molar-refractivity contribution >= 4 is 23.2 Å². The summed E-state index contributed by atoms with van der Waals surface area (Å²) in [7, 11) is 0. The molecule has 1 aromatic rings. The smallest absolute Gasteiger partial charge is 0.0595 e. The van der Waals surface area contributed by atoms with E-state index in [9.17, 15) is 0 Å². The Kier molecular flexibility index (Phi) is 6.10. The van der Waals surface area contributed by atoms with Gasteiger partial charge in [0.15, 0.2) is 0 Å². The van der Waals surface area contributed by atoms with Crippen LogP contribution in [0, 0.1) is 17.8 Å². The Hall–Kier alpha value is -0.460. The minimum absolute atomic E-state index is 0.669. The molecule has 1 aromatic carbocycles. The average molecular weight is 351 g/mol. The molecule has 0 heterocycles. The molecule has 3 rings (SSSR count). The third-order valence-corrected chi connectivity index (χ3v) is 6.87. The van der Waals surface area contributed by atoms with Gasteiger partial charge in [-0.3, -0.25) is 0 Å². The van der Waals surface area contributed by atoms with E-state index in [0.29, 0.717) is 16.0 Å². The molecule has 0 radical (unpaired) electrons. The zero-order valence-electron chi connectivity index (χ0n) is 14.1. The molecule has 2 heteroatoms. The fourth-order valence-electron chi connectivity index (χ4n) is 4.77. The number of halogens is 2. The van der Waals surface area contributed by atoms with Crippen LogP contribution in [-0.2, 0) is 0 Å². The van der Waals surface area contributed by atoms with Crippen LogP contribution in [0.15, 0.2) is 30.4 Å². The molecule has 2 aliphatic carbocycles. The van der Waals surface area contributed by atoms with Crippen molar-refractivity contribution in [1.29, 1.82) is 0 Å². The third-order valence-electron chi connectivity index (χ3n) is 6.13. The quantitative estimate of drug-likeness (QED) is 0.491. The Morgan fingerprint density at radius 3 is 2.00 bits per heavy atom. The zero-order chi connectivity index (χ0) is 16.2. The molecule has 2 saturated carbocycles. The van der Waals surface area contributed by atoms with Crippen molar-refractivity contribution < 1.29 is 0 Å². The van der Waals surface area contributed by atoms with Gasteiger partial charge in [0, 0.05) is 0 Å². The first-order chi connectivity index (χ1) is 11.2. The van der Waals surface area contributed by atoms with Gasteiger partial charge in [0.05, 0.1) is 10.0 Å². The Labute approximate surface area is 151 Å². The lowest BCUT2D eigenvalue weighted by atomic mass is 9.68. The molecule has 2 aliphatic rings. The second-order valence-corrected chi connectivity index (χ2v) is 8.30. The molecule has 0 atom stereocenters. The molecule has 0 spiro atoms. The summed E-state index contributed by atoms with van der Waals surface area (Å²) in [5.41, 5.74) is 1.38. The van der Waals surface area contributed by atoms with Gasteiger partial charge in [-0.1, -0.05) is 41.4 Å². The maximum Gasteiger partial charge on any atom is 0.0595 e. The first kappa shape index (κ1) is 17.4. The molecule has 2 fully saturated rings. The maximum absolute atomic E-state index is 6.19. The van der Waals surface area contributed by atoms with E-state index in [0.717, 1.165) is 17.8 Å². The third kappa shape index (κ3) is 4.34. The van der Waals surface area contributed by atoms with Gasteiger partial charge in [-0.05, 0) is 99.7 Å². The molecule has 126 valence electrons. The van der Waals surface area contributed by atoms with Crippen molar-refractivity contribution in [3.63, 3.8) is 0 Å². The molecule has 0 aromatic heterocycles. The average Bonchev–Trinajstić information content (AvgIpc) is 2.59. The van der Waals surface area contributed by atoms with Gasteiger partial charge >= 0.3 is 0 Å². The van der Waals surface area contributed by atoms with Crippen LogP contribution in [0.3, 0.4) is 0 Å². The SMILES string of the molecule is CC=C[C@H]1CC[C@H]([C@H]2CC[C@H](c3ccc(Cl)c(Cl)c3)CC2)CC1. The van der Waals surface area contributed by atoms with E-state index in [2.05, 4.69) is 31.2 Å². The Morgan fingerprint density at radius 2 is 1.43 bits per heavy atom. The lowest BCUT2D eigenvalue weighted by molar-refractivity contribution is 0.171. The topological polar surface area (TPSA) is 0 Å². The molecule has 0 bridgehead atoms. The number of hydrogen-bond acceptors (Lipinski definition) is 0. The molecular weight excluding hydrogens is 323 g/mol. The van der Waals surface area contributed by atoms with Crippen molar-refractivity contribution in [3.8, 4) is 0 Å². The summed E-state index contributed by atoms with van der Waals surface area (Å²) in [5, 5.41) is 1.37. The van der Waals surface area contributed by atoms with Crippen LogP contribution in [0.1, 0.15) is 69.8 Å². The molecule has 0 unspecified atom stereocenters. The van der Waals surface area contributed by atoms with Crippen LogP contribution in [0.2, 0.25) is 10.0 Å². The highest BCUT2D eigenvalue weighted by atomic mass is 35.5. The van der Waals surface area contributed by atoms with E-state index in [1.807, 2.05) is 6.07 Å². The predicted molar refractivity (Wildman–Crippen MR) is 101 cm³/mol. The van der Waals surface area contributed by atoms with Crippen LogP contribution in [-0.4, -0.2) is 0 Å². The van der Waals surface area contributed by atoms with E-state index in [1.54, 1.807) is 0 Å². The fraction of sp³-hybridized carbons (Fsp3) is 0.619.